The average molecular weight is 308 g/mol. The zero-order chi connectivity index (χ0) is 15.4. The van der Waals surface area contributed by atoms with Crippen molar-refractivity contribution in [2.75, 3.05) is 20.3 Å². The molecule has 0 saturated carbocycles. The van der Waals surface area contributed by atoms with E-state index in [4.69, 9.17) is 4.74 Å². The van der Waals surface area contributed by atoms with Crippen LogP contribution in [0.5, 0.6) is 0 Å². The Labute approximate surface area is 129 Å². The molecule has 0 aliphatic rings. The van der Waals surface area contributed by atoms with Gasteiger partial charge in [-0.05, 0) is 44.0 Å². The molecule has 1 unspecified atom stereocenters. The molecule has 2 rings (SSSR count). The normalized spacial score (nSPS) is 12.6. The number of nitrogens with zero attached hydrogens (tertiary/aromatic N) is 1. The number of nitrogens with one attached hydrogen (secondary N) is 1. The summed E-state index contributed by atoms with van der Waals surface area (Å²) in [6, 6.07) is 4.87. The van der Waals surface area contributed by atoms with Gasteiger partial charge in [-0.3, -0.25) is 0 Å². The Morgan fingerprint density at radius 3 is 2.67 bits per heavy atom. The van der Waals surface area contributed by atoms with Crippen molar-refractivity contribution in [3.63, 3.8) is 0 Å². The molecular formula is C16H21FN2OS. The fraction of sp³-hybridized carbons (Fsp3) is 0.438. The molecule has 5 heteroatoms. The van der Waals surface area contributed by atoms with Crippen molar-refractivity contribution < 1.29 is 9.13 Å². The molecule has 0 aliphatic heterocycles. The van der Waals surface area contributed by atoms with Crippen LogP contribution in [0.2, 0.25) is 0 Å². The van der Waals surface area contributed by atoms with Gasteiger partial charge in [-0.15, -0.1) is 11.3 Å². The molecule has 1 N–H and O–H groups in total. The standard InChI is InChI=1S/C16H21FN2OS/c1-10-9-13(17)5-6-14(10)15(18-7-8-20-4)16-19-11(2)12(3)21-16/h5-6,9,15,18H,7-8H2,1-4H3. The quantitative estimate of drug-likeness (QED) is 0.829. The number of benzene rings is 1. The van der Waals surface area contributed by atoms with E-state index in [2.05, 4.69) is 17.2 Å². The monoisotopic (exact) mass is 308 g/mol. The van der Waals surface area contributed by atoms with E-state index in [0.717, 1.165) is 28.4 Å². The van der Waals surface area contributed by atoms with Gasteiger partial charge in [0.1, 0.15) is 10.8 Å². The summed E-state index contributed by atoms with van der Waals surface area (Å²) in [5.41, 5.74) is 3.03. The maximum atomic E-state index is 13.3. The topological polar surface area (TPSA) is 34.1 Å². The van der Waals surface area contributed by atoms with Gasteiger partial charge in [0.2, 0.25) is 0 Å². The number of aromatic nitrogens is 1. The zero-order valence-corrected chi connectivity index (χ0v) is 13.7. The minimum atomic E-state index is -0.210. The van der Waals surface area contributed by atoms with Crippen molar-refractivity contribution in [2.24, 2.45) is 0 Å². The highest BCUT2D eigenvalue weighted by Gasteiger charge is 2.20. The molecule has 0 aliphatic carbocycles. The summed E-state index contributed by atoms with van der Waals surface area (Å²) in [6.45, 7) is 7.35. The third-order valence-electron chi connectivity index (χ3n) is 3.49. The second kappa shape index (κ2) is 7.11. The first kappa shape index (κ1) is 16.1. The number of ether oxygens (including phenoxy) is 1. The van der Waals surface area contributed by atoms with Gasteiger partial charge in [0, 0.05) is 18.5 Å². The molecule has 114 valence electrons. The first-order valence-electron chi connectivity index (χ1n) is 6.95. The summed E-state index contributed by atoms with van der Waals surface area (Å²) in [5.74, 6) is -0.210. The fourth-order valence-corrected chi connectivity index (χ4v) is 3.24. The molecule has 3 nitrogen and oxygen atoms in total. The highest BCUT2D eigenvalue weighted by atomic mass is 32.1. The van der Waals surface area contributed by atoms with Gasteiger partial charge in [0.15, 0.2) is 0 Å². The molecule has 0 saturated heterocycles. The van der Waals surface area contributed by atoms with Gasteiger partial charge in [0.05, 0.1) is 18.3 Å². The van der Waals surface area contributed by atoms with E-state index in [1.807, 2.05) is 19.9 Å². The molecular weight excluding hydrogens is 287 g/mol. The lowest BCUT2D eigenvalue weighted by Gasteiger charge is -2.19. The largest absolute Gasteiger partial charge is 0.383 e. The lowest BCUT2D eigenvalue weighted by atomic mass is 10.0. The molecule has 1 heterocycles. The van der Waals surface area contributed by atoms with Gasteiger partial charge >= 0.3 is 0 Å². The van der Waals surface area contributed by atoms with Crippen LogP contribution in [0.3, 0.4) is 0 Å². The first-order chi connectivity index (χ1) is 10.0. The minimum Gasteiger partial charge on any atom is -0.383 e. The Kier molecular flexibility index (Phi) is 5.45. The Morgan fingerprint density at radius 2 is 2.10 bits per heavy atom. The lowest BCUT2D eigenvalue weighted by molar-refractivity contribution is 0.197. The van der Waals surface area contributed by atoms with Crippen molar-refractivity contribution >= 4 is 11.3 Å². The number of rotatable bonds is 6. The van der Waals surface area contributed by atoms with Crippen molar-refractivity contribution in [2.45, 2.75) is 26.8 Å². The van der Waals surface area contributed by atoms with Crippen LogP contribution in [0.1, 0.15) is 32.7 Å². The number of aryl methyl sites for hydroxylation is 3. The van der Waals surface area contributed by atoms with Crippen LogP contribution in [0.4, 0.5) is 4.39 Å². The molecule has 1 atom stereocenters. The third-order valence-corrected chi connectivity index (χ3v) is 4.63. The van der Waals surface area contributed by atoms with Gasteiger partial charge in [-0.1, -0.05) is 6.07 Å². The Balaban J connectivity index is 2.35. The number of halogens is 1. The van der Waals surface area contributed by atoms with Gasteiger partial charge in [-0.25, -0.2) is 9.37 Å². The van der Waals surface area contributed by atoms with E-state index in [1.54, 1.807) is 24.5 Å². The van der Waals surface area contributed by atoms with Crippen LogP contribution < -0.4 is 5.32 Å². The zero-order valence-electron chi connectivity index (χ0n) is 12.9. The Hall–Kier alpha value is -1.30. The average Bonchev–Trinajstić information content (AvgIpc) is 2.76. The van der Waals surface area contributed by atoms with Crippen molar-refractivity contribution in [1.29, 1.82) is 0 Å². The second-order valence-corrected chi connectivity index (χ2v) is 6.31. The van der Waals surface area contributed by atoms with E-state index in [-0.39, 0.29) is 11.9 Å². The van der Waals surface area contributed by atoms with Crippen LogP contribution in [0.25, 0.3) is 0 Å². The van der Waals surface area contributed by atoms with Crippen LogP contribution in [0, 0.1) is 26.6 Å². The highest BCUT2D eigenvalue weighted by molar-refractivity contribution is 7.11. The molecule has 0 radical (unpaired) electrons. The van der Waals surface area contributed by atoms with E-state index in [9.17, 15) is 4.39 Å². The second-order valence-electron chi connectivity index (χ2n) is 5.07. The van der Waals surface area contributed by atoms with E-state index in [1.165, 1.54) is 10.9 Å². The molecule has 1 aromatic carbocycles. The van der Waals surface area contributed by atoms with Crippen molar-refractivity contribution in [3.05, 3.63) is 50.7 Å². The maximum Gasteiger partial charge on any atom is 0.123 e. The molecule has 0 fully saturated rings. The molecule has 2 aromatic rings. The van der Waals surface area contributed by atoms with Crippen molar-refractivity contribution in [1.82, 2.24) is 10.3 Å². The number of hydrogen-bond acceptors (Lipinski definition) is 4. The SMILES string of the molecule is COCCNC(c1nc(C)c(C)s1)c1ccc(F)cc1C. The third kappa shape index (κ3) is 3.87. The number of thiazole rings is 1. The Bertz CT molecular complexity index is 593. The molecule has 1 aromatic heterocycles. The predicted octanol–water partition coefficient (Wildman–Crippen LogP) is 3.53. The van der Waals surface area contributed by atoms with Crippen LogP contribution >= 0.6 is 11.3 Å². The predicted molar refractivity (Wildman–Crippen MR) is 84.4 cm³/mol. The summed E-state index contributed by atoms with van der Waals surface area (Å²) in [6.07, 6.45) is 0. The molecule has 21 heavy (non-hydrogen) atoms. The van der Waals surface area contributed by atoms with Gasteiger partial charge in [0.25, 0.3) is 0 Å². The summed E-state index contributed by atoms with van der Waals surface area (Å²) in [5, 5.41) is 4.46. The highest BCUT2D eigenvalue weighted by Crippen LogP contribution is 2.30. The van der Waals surface area contributed by atoms with E-state index >= 15 is 0 Å². The smallest absolute Gasteiger partial charge is 0.123 e. The van der Waals surface area contributed by atoms with E-state index < -0.39 is 0 Å². The maximum absolute atomic E-state index is 13.3. The fourth-order valence-electron chi connectivity index (χ4n) is 2.22. The number of methoxy groups -OCH3 is 1. The molecule has 0 amide bonds. The van der Waals surface area contributed by atoms with Crippen LogP contribution in [-0.4, -0.2) is 25.2 Å². The molecule has 0 bridgehead atoms. The van der Waals surface area contributed by atoms with Gasteiger partial charge < -0.3 is 10.1 Å². The lowest BCUT2D eigenvalue weighted by Crippen LogP contribution is -2.26. The summed E-state index contributed by atoms with van der Waals surface area (Å²) in [4.78, 5) is 5.86. The van der Waals surface area contributed by atoms with Gasteiger partial charge in [-0.2, -0.15) is 0 Å². The number of hydrogen-bond donors (Lipinski definition) is 1. The van der Waals surface area contributed by atoms with E-state index in [0.29, 0.717) is 6.61 Å². The summed E-state index contributed by atoms with van der Waals surface area (Å²) in [7, 11) is 1.68. The summed E-state index contributed by atoms with van der Waals surface area (Å²) >= 11 is 1.68. The van der Waals surface area contributed by atoms with Crippen LogP contribution in [-0.2, 0) is 4.74 Å². The molecule has 0 spiro atoms. The first-order valence-corrected chi connectivity index (χ1v) is 7.77. The van der Waals surface area contributed by atoms with Crippen molar-refractivity contribution in [3.8, 4) is 0 Å². The minimum absolute atomic E-state index is 0.0295. The Morgan fingerprint density at radius 1 is 1.33 bits per heavy atom. The summed E-state index contributed by atoms with van der Waals surface area (Å²) < 4.78 is 18.4. The van der Waals surface area contributed by atoms with Crippen LogP contribution in [0.15, 0.2) is 18.2 Å².